The SMILES string of the molecule is Cc1cccc(-c2nc3n(c2N)CCCC3C)c1C. The highest BCUT2D eigenvalue weighted by Gasteiger charge is 2.24. The van der Waals surface area contributed by atoms with Crippen molar-refractivity contribution in [3.63, 3.8) is 0 Å². The third-order valence-electron chi connectivity index (χ3n) is 4.36. The number of aromatic nitrogens is 2. The van der Waals surface area contributed by atoms with E-state index in [4.69, 9.17) is 10.7 Å². The number of rotatable bonds is 1. The van der Waals surface area contributed by atoms with Crippen LogP contribution in [-0.4, -0.2) is 9.55 Å². The summed E-state index contributed by atoms with van der Waals surface area (Å²) in [6.45, 7) is 7.52. The highest BCUT2D eigenvalue weighted by atomic mass is 15.2. The van der Waals surface area contributed by atoms with E-state index < -0.39 is 0 Å². The largest absolute Gasteiger partial charge is 0.383 e. The van der Waals surface area contributed by atoms with Crippen LogP contribution in [0, 0.1) is 13.8 Å². The van der Waals surface area contributed by atoms with Gasteiger partial charge in [0.2, 0.25) is 0 Å². The molecule has 100 valence electrons. The van der Waals surface area contributed by atoms with E-state index in [9.17, 15) is 0 Å². The molecule has 0 saturated carbocycles. The molecule has 1 aromatic heterocycles. The van der Waals surface area contributed by atoms with E-state index in [1.807, 2.05) is 0 Å². The minimum absolute atomic E-state index is 0.509. The number of nitrogen functional groups attached to an aromatic ring is 1. The molecular formula is C16H21N3. The maximum atomic E-state index is 6.34. The first-order chi connectivity index (χ1) is 9.09. The Hall–Kier alpha value is -1.77. The Balaban J connectivity index is 2.19. The molecule has 0 fully saturated rings. The van der Waals surface area contributed by atoms with Gasteiger partial charge < -0.3 is 10.3 Å². The maximum Gasteiger partial charge on any atom is 0.131 e. The number of fused-ring (bicyclic) bond motifs is 1. The van der Waals surface area contributed by atoms with E-state index in [2.05, 4.69) is 43.5 Å². The van der Waals surface area contributed by atoms with Crippen LogP contribution in [0.1, 0.15) is 42.6 Å². The Morgan fingerprint density at radius 3 is 2.84 bits per heavy atom. The van der Waals surface area contributed by atoms with Crippen molar-refractivity contribution in [2.45, 2.75) is 46.1 Å². The molecule has 0 bridgehead atoms. The van der Waals surface area contributed by atoms with Crippen molar-refractivity contribution in [3.8, 4) is 11.3 Å². The molecule has 0 aliphatic carbocycles. The Labute approximate surface area is 114 Å². The molecule has 3 rings (SSSR count). The molecule has 0 radical (unpaired) electrons. The van der Waals surface area contributed by atoms with Crippen molar-refractivity contribution in [2.75, 3.05) is 5.73 Å². The standard InChI is InChI=1S/C16H21N3/c1-10-6-4-8-13(12(10)3)14-15(17)19-9-5-7-11(2)16(19)18-14/h4,6,8,11H,5,7,9,17H2,1-3H3. The van der Waals surface area contributed by atoms with Gasteiger partial charge in [-0.2, -0.15) is 0 Å². The molecule has 1 unspecified atom stereocenters. The third kappa shape index (κ3) is 1.84. The number of anilines is 1. The van der Waals surface area contributed by atoms with Crippen LogP contribution in [0.2, 0.25) is 0 Å². The van der Waals surface area contributed by atoms with Crippen molar-refractivity contribution >= 4 is 5.82 Å². The van der Waals surface area contributed by atoms with E-state index in [0.29, 0.717) is 5.92 Å². The fourth-order valence-corrected chi connectivity index (χ4v) is 2.99. The van der Waals surface area contributed by atoms with E-state index in [0.717, 1.165) is 23.9 Å². The second kappa shape index (κ2) is 4.41. The summed E-state index contributed by atoms with van der Waals surface area (Å²) in [5.41, 5.74) is 11.0. The molecule has 1 aromatic carbocycles. The van der Waals surface area contributed by atoms with Crippen molar-refractivity contribution in [1.29, 1.82) is 0 Å². The Bertz CT molecular complexity index is 625. The lowest BCUT2D eigenvalue weighted by Crippen LogP contribution is -2.15. The number of aryl methyl sites for hydroxylation is 1. The number of imidazole rings is 1. The Kier molecular flexibility index (Phi) is 2.85. The second-order valence-corrected chi connectivity index (χ2v) is 5.65. The molecule has 1 atom stereocenters. The lowest BCUT2D eigenvalue weighted by atomic mass is 10.0. The quantitative estimate of drug-likeness (QED) is 0.845. The second-order valence-electron chi connectivity index (χ2n) is 5.65. The van der Waals surface area contributed by atoms with Crippen molar-refractivity contribution in [3.05, 3.63) is 35.2 Å². The van der Waals surface area contributed by atoms with Crippen molar-refractivity contribution in [1.82, 2.24) is 9.55 Å². The zero-order valence-electron chi connectivity index (χ0n) is 11.9. The minimum Gasteiger partial charge on any atom is -0.383 e. The monoisotopic (exact) mass is 255 g/mol. The Morgan fingerprint density at radius 2 is 2.11 bits per heavy atom. The molecule has 3 heteroatoms. The van der Waals surface area contributed by atoms with Gasteiger partial charge in [-0.05, 0) is 37.8 Å². The van der Waals surface area contributed by atoms with Gasteiger partial charge in [-0.15, -0.1) is 0 Å². The van der Waals surface area contributed by atoms with Crippen LogP contribution in [-0.2, 0) is 6.54 Å². The molecule has 0 saturated heterocycles. The number of benzene rings is 1. The van der Waals surface area contributed by atoms with E-state index in [1.54, 1.807) is 0 Å². The average Bonchev–Trinajstić information content (AvgIpc) is 2.72. The molecule has 3 nitrogen and oxygen atoms in total. The number of hydrogen-bond acceptors (Lipinski definition) is 2. The molecule has 0 amide bonds. The van der Waals surface area contributed by atoms with Crippen LogP contribution >= 0.6 is 0 Å². The summed E-state index contributed by atoms with van der Waals surface area (Å²) in [4.78, 5) is 4.84. The zero-order chi connectivity index (χ0) is 13.6. The van der Waals surface area contributed by atoms with Crippen LogP contribution in [0.5, 0.6) is 0 Å². The smallest absolute Gasteiger partial charge is 0.131 e. The molecule has 1 aliphatic heterocycles. The van der Waals surface area contributed by atoms with Gasteiger partial charge in [0.25, 0.3) is 0 Å². The fraction of sp³-hybridized carbons (Fsp3) is 0.438. The van der Waals surface area contributed by atoms with Gasteiger partial charge in [-0.3, -0.25) is 0 Å². The van der Waals surface area contributed by atoms with Crippen LogP contribution in [0.3, 0.4) is 0 Å². The van der Waals surface area contributed by atoms with Crippen LogP contribution < -0.4 is 5.73 Å². The van der Waals surface area contributed by atoms with Gasteiger partial charge >= 0.3 is 0 Å². The number of hydrogen-bond donors (Lipinski definition) is 1. The van der Waals surface area contributed by atoms with Gasteiger partial charge in [0.1, 0.15) is 17.3 Å². The summed E-state index contributed by atoms with van der Waals surface area (Å²) in [6, 6.07) is 6.34. The minimum atomic E-state index is 0.509. The maximum absolute atomic E-state index is 6.34. The Morgan fingerprint density at radius 1 is 1.32 bits per heavy atom. The molecule has 2 heterocycles. The molecule has 19 heavy (non-hydrogen) atoms. The highest BCUT2D eigenvalue weighted by Crippen LogP contribution is 2.35. The first-order valence-electron chi connectivity index (χ1n) is 7.02. The number of nitrogens with zero attached hydrogens (tertiary/aromatic N) is 2. The first kappa shape index (κ1) is 12.3. The zero-order valence-corrected chi connectivity index (χ0v) is 11.9. The summed E-state index contributed by atoms with van der Waals surface area (Å²) in [5.74, 6) is 2.49. The topological polar surface area (TPSA) is 43.8 Å². The first-order valence-corrected chi connectivity index (χ1v) is 7.02. The lowest BCUT2D eigenvalue weighted by Gasteiger charge is -2.20. The summed E-state index contributed by atoms with van der Waals surface area (Å²) in [7, 11) is 0. The summed E-state index contributed by atoms with van der Waals surface area (Å²) >= 11 is 0. The van der Waals surface area contributed by atoms with E-state index in [-0.39, 0.29) is 0 Å². The van der Waals surface area contributed by atoms with Gasteiger partial charge in [0, 0.05) is 18.0 Å². The van der Waals surface area contributed by atoms with Gasteiger partial charge in [0.05, 0.1) is 0 Å². The van der Waals surface area contributed by atoms with Gasteiger partial charge in [-0.25, -0.2) is 4.98 Å². The molecule has 0 spiro atoms. The van der Waals surface area contributed by atoms with Crippen LogP contribution in [0.25, 0.3) is 11.3 Å². The van der Waals surface area contributed by atoms with E-state index in [1.165, 1.54) is 29.5 Å². The molecule has 2 N–H and O–H groups in total. The average molecular weight is 255 g/mol. The lowest BCUT2D eigenvalue weighted by molar-refractivity contribution is 0.467. The highest BCUT2D eigenvalue weighted by molar-refractivity contribution is 5.74. The summed E-state index contributed by atoms with van der Waals surface area (Å²) < 4.78 is 2.20. The number of nitrogens with two attached hydrogens (primary N) is 1. The van der Waals surface area contributed by atoms with E-state index >= 15 is 0 Å². The summed E-state index contributed by atoms with van der Waals surface area (Å²) in [5, 5.41) is 0. The van der Waals surface area contributed by atoms with Crippen LogP contribution in [0.4, 0.5) is 5.82 Å². The van der Waals surface area contributed by atoms with Crippen molar-refractivity contribution in [2.24, 2.45) is 0 Å². The van der Waals surface area contributed by atoms with Crippen LogP contribution in [0.15, 0.2) is 18.2 Å². The predicted molar refractivity (Wildman–Crippen MR) is 79.2 cm³/mol. The molecule has 2 aromatic rings. The summed E-state index contributed by atoms with van der Waals surface area (Å²) in [6.07, 6.45) is 2.41. The molecular weight excluding hydrogens is 234 g/mol. The molecule has 1 aliphatic rings. The third-order valence-corrected chi connectivity index (χ3v) is 4.36. The normalized spacial score (nSPS) is 18.4. The fourth-order valence-electron chi connectivity index (χ4n) is 2.99. The van der Waals surface area contributed by atoms with Crippen molar-refractivity contribution < 1.29 is 0 Å². The van der Waals surface area contributed by atoms with Gasteiger partial charge in [0.15, 0.2) is 0 Å². The predicted octanol–water partition coefficient (Wildman–Crippen LogP) is 3.65. The van der Waals surface area contributed by atoms with Gasteiger partial charge in [-0.1, -0.05) is 25.1 Å².